The fraction of sp³-hybridized carbons (Fsp3) is 0.467. The molecule has 0 fully saturated rings. The van der Waals surface area contributed by atoms with Crippen LogP contribution in [0.25, 0.3) is 0 Å². The first-order chi connectivity index (χ1) is 10.3. The normalized spacial score (nSPS) is 13.4. The van der Waals surface area contributed by atoms with Crippen LogP contribution in [0.1, 0.15) is 32.8 Å². The summed E-state index contributed by atoms with van der Waals surface area (Å²) in [6.45, 7) is 5.27. The summed E-state index contributed by atoms with van der Waals surface area (Å²) >= 11 is 0. The van der Waals surface area contributed by atoms with E-state index in [-0.39, 0.29) is 17.9 Å². The summed E-state index contributed by atoms with van der Waals surface area (Å²) in [6, 6.07) is 4.38. The Labute approximate surface area is 128 Å². The van der Waals surface area contributed by atoms with Gasteiger partial charge in [0.05, 0.1) is 12.5 Å². The Balaban J connectivity index is 2.59. The third-order valence-corrected chi connectivity index (χ3v) is 3.16. The van der Waals surface area contributed by atoms with E-state index in [9.17, 15) is 18.4 Å². The zero-order chi connectivity index (χ0) is 16.7. The van der Waals surface area contributed by atoms with Crippen molar-refractivity contribution in [2.24, 2.45) is 5.92 Å². The van der Waals surface area contributed by atoms with Gasteiger partial charge >= 0.3 is 12.0 Å². The number of esters is 1. The molecule has 2 amide bonds. The van der Waals surface area contributed by atoms with Crippen molar-refractivity contribution in [1.82, 2.24) is 5.32 Å². The van der Waals surface area contributed by atoms with Gasteiger partial charge in [-0.1, -0.05) is 12.1 Å². The molecule has 1 aromatic rings. The maximum Gasteiger partial charge on any atom is 0.319 e. The van der Waals surface area contributed by atoms with E-state index in [1.54, 1.807) is 20.8 Å². The van der Waals surface area contributed by atoms with Crippen molar-refractivity contribution in [2.45, 2.75) is 33.2 Å². The van der Waals surface area contributed by atoms with E-state index < -0.39 is 30.4 Å². The molecule has 0 heterocycles. The van der Waals surface area contributed by atoms with Crippen LogP contribution >= 0.6 is 0 Å². The third kappa shape index (κ3) is 5.31. The Morgan fingerprint density at radius 2 is 1.95 bits per heavy atom. The Morgan fingerprint density at radius 3 is 2.55 bits per heavy atom. The van der Waals surface area contributed by atoms with Gasteiger partial charge in [0.1, 0.15) is 0 Å². The number of amides is 2. The summed E-state index contributed by atoms with van der Waals surface area (Å²) in [7, 11) is 0. The van der Waals surface area contributed by atoms with Crippen molar-refractivity contribution < 1.29 is 23.1 Å². The minimum absolute atomic E-state index is 0.175. The average molecular weight is 314 g/mol. The molecule has 0 aliphatic rings. The van der Waals surface area contributed by atoms with Gasteiger partial charge in [-0.15, -0.1) is 0 Å². The molecule has 2 N–H and O–H groups in total. The number of hydrogen-bond acceptors (Lipinski definition) is 3. The maximum absolute atomic E-state index is 12.6. The van der Waals surface area contributed by atoms with Crippen LogP contribution in [0.5, 0.6) is 0 Å². The fourth-order valence-corrected chi connectivity index (χ4v) is 1.73. The second-order valence-corrected chi connectivity index (χ2v) is 4.85. The van der Waals surface area contributed by atoms with Gasteiger partial charge < -0.3 is 15.4 Å². The Hall–Kier alpha value is -2.18. The molecule has 5 nitrogen and oxygen atoms in total. The zero-order valence-corrected chi connectivity index (χ0v) is 12.7. The van der Waals surface area contributed by atoms with Crippen LogP contribution in [0.2, 0.25) is 0 Å². The number of halogens is 2. The highest BCUT2D eigenvalue weighted by molar-refractivity contribution is 5.90. The maximum atomic E-state index is 12.6. The van der Waals surface area contributed by atoms with Gasteiger partial charge in [-0.2, -0.15) is 0 Å². The lowest BCUT2D eigenvalue weighted by atomic mass is 10.0. The van der Waals surface area contributed by atoms with Crippen molar-refractivity contribution in [3.05, 3.63) is 29.8 Å². The van der Waals surface area contributed by atoms with Crippen LogP contribution in [-0.4, -0.2) is 24.6 Å². The number of ether oxygens (including phenoxy) is 1. The molecule has 0 saturated carbocycles. The predicted octanol–water partition coefficient (Wildman–Crippen LogP) is 3.33. The fourth-order valence-electron chi connectivity index (χ4n) is 1.73. The van der Waals surface area contributed by atoms with Crippen molar-refractivity contribution in [2.75, 3.05) is 11.9 Å². The highest BCUT2D eigenvalue weighted by Crippen LogP contribution is 2.21. The molecule has 7 heteroatoms. The zero-order valence-electron chi connectivity index (χ0n) is 12.7. The molecule has 1 aromatic carbocycles. The van der Waals surface area contributed by atoms with Gasteiger partial charge in [0.15, 0.2) is 0 Å². The summed E-state index contributed by atoms with van der Waals surface area (Å²) in [6.07, 6.45) is -2.60. The third-order valence-electron chi connectivity index (χ3n) is 3.16. The van der Waals surface area contributed by atoms with Gasteiger partial charge in [-0.3, -0.25) is 4.79 Å². The first kappa shape index (κ1) is 17.9. The van der Waals surface area contributed by atoms with Crippen LogP contribution in [0.15, 0.2) is 24.3 Å². The Morgan fingerprint density at radius 1 is 1.27 bits per heavy atom. The summed E-state index contributed by atoms with van der Waals surface area (Å²) in [5.41, 5.74) is 0.0806. The van der Waals surface area contributed by atoms with E-state index >= 15 is 0 Å². The quantitative estimate of drug-likeness (QED) is 0.791. The van der Waals surface area contributed by atoms with Gasteiger partial charge in [0.25, 0.3) is 6.43 Å². The van der Waals surface area contributed by atoms with Crippen molar-refractivity contribution in [3.8, 4) is 0 Å². The molecule has 0 spiro atoms. The minimum Gasteiger partial charge on any atom is -0.466 e. The Bertz CT molecular complexity index is 523. The summed E-state index contributed by atoms with van der Waals surface area (Å²) < 4.78 is 30.0. The lowest BCUT2D eigenvalue weighted by Gasteiger charge is -2.20. The van der Waals surface area contributed by atoms with E-state index in [4.69, 9.17) is 4.74 Å². The number of carbonyl (C=O) groups excluding carboxylic acids is 2. The average Bonchev–Trinajstić information content (AvgIpc) is 2.46. The van der Waals surface area contributed by atoms with Crippen molar-refractivity contribution in [3.63, 3.8) is 0 Å². The lowest BCUT2D eigenvalue weighted by molar-refractivity contribution is -0.148. The topological polar surface area (TPSA) is 67.4 Å². The lowest BCUT2D eigenvalue weighted by Crippen LogP contribution is -2.42. The SMILES string of the molecule is CCOC(=O)[C@@H](C)[C@@H](C)NC(=O)Nc1cccc(C(F)F)c1. The van der Waals surface area contributed by atoms with Gasteiger partial charge in [0, 0.05) is 17.3 Å². The molecule has 0 saturated heterocycles. The molecule has 0 unspecified atom stereocenters. The molecule has 0 aliphatic carbocycles. The molecule has 0 radical (unpaired) electrons. The van der Waals surface area contributed by atoms with Crippen molar-refractivity contribution in [1.29, 1.82) is 0 Å². The van der Waals surface area contributed by atoms with Crippen LogP contribution in [-0.2, 0) is 9.53 Å². The number of nitrogens with one attached hydrogen (secondary N) is 2. The number of urea groups is 1. The second-order valence-electron chi connectivity index (χ2n) is 4.85. The first-order valence-corrected chi connectivity index (χ1v) is 6.97. The second kappa shape index (κ2) is 8.31. The summed E-state index contributed by atoms with van der Waals surface area (Å²) in [4.78, 5) is 23.4. The monoisotopic (exact) mass is 314 g/mol. The molecular weight excluding hydrogens is 294 g/mol. The van der Waals surface area contributed by atoms with Crippen LogP contribution < -0.4 is 10.6 Å². The number of carbonyl (C=O) groups is 2. The highest BCUT2D eigenvalue weighted by Gasteiger charge is 2.22. The Kier molecular flexibility index (Phi) is 6.75. The molecule has 22 heavy (non-hydrogen) atoms. The molecule has 0 aromatic heterocycles. The molecule has 0 aliphatic heterocycles. The van der Waals surface area contributed by atoms with Gasteiger partial charge in [-0.25, -0.2) is 13.6 Å². The predicted molar refractivity (Wildman–Crippen MR) is 78.8 cm³/mol. The first-order valence-electron chi connectivity index (χ1n) is 6.97. The summed E-state index contributed by atoms with van der Waals surface area (Å²) in [5, 5.41) is 5.04. The van der Waals surface area contributed by atoms with Gasteiger partial charge in [0.2, 0.25) is 0 Å². The molecule has 2 atom stereocenters. The van der Waals surface area contributed by atoms with E-state index in [2.05, 4.69) is 10.6 Å². The van der Waals surface area contributed by atoms with E-state index in [1.807, 2.05) is 0 Å². The number of anilines is 1. The molecule has 122 valence electrons. The number of alkyl halides is 2. The smallest absolute Gasteiger partial charge is 0.319 e. The largest absolute Gasteiger partial charge is 0.466 e. The van der Waals surface area contributed by atoms with E-state index in [0.29, 0.717) is 0 Å². The summed E-state index contributed by atoms with van der Waals surface area (Å²) in [5.74, 6) is -0.923. The molecular formula is C15H20F2N2O3. The van der Waals surface area contributed by atoms with Crippen LogP contribution in [0, 0.1) is 5.92 Å². The van der Waals surface area contributed by atoms with Crippen LogP contribution in [0.3, 0.4) is 0 Å². The highest BCUT2D eigenvalue weighted by atomic mass is 19.3. The van der Waals surface area contributed by atoms with Crippen LogP contribution in [0.4, 0.5) is 19.3 Å². The van der Waals surface area contributed by atoms with Gasteiger partial charge in [-0.05, 0) is 32.9 Å². The van der Waals surface area contributed by atoms with E-state index in [0.717, 1.165) is 0 Å². The minimum atomic E-state index is -2.60. The standard InChI is InChI=1S/C15H20F2N2O3/c1-4-22-14(20)9(2)10(3)18-15(21)19-12-7-5-6-11(8-12)13(16)17/h5-10,13H,4H2,1-3H3,(H2,18,19,21)/t9-,10+/m0/s1. The van der Waals surface area contributed by atoms with Crippen molar-refractivity contribution >= 4 is 17.7 Å². The van der Waals surface area contributed by atoms with E-state index in [1.165, 1.54) is 24.3 Å². The molecule has 1 rings (SSSR count). The number of benzene rings is 1. The molecule has 0 bridgehead atoms. The number of rotatable bonds is 6. The number of hydrogen-bond donors (Lipinski definition) is 2.